The third-order valence-corrected chi connectivity index (χ3v) is 3.02. The Kier molecular flexibility index (Phi) is 3.82. The third kappa shape index (κ3) is 2.99. The molecule has 0 aliphatic heterocycles. The summed E-state index contributed by atoms with van der Waals surface area (Å²) >= 11 is 5.90. The summed E-state index contributed by atoms with van der Waals surface area (Å²) in [6.07, 6.45) is 2.86. The van der Waals surface area contributed by atoms with E-state index in [1.54, 1.807) is 6.20 Å². The standard InChI is InChI=1S/C14H14ClFN2/c1-9-5-12(15)3-4-14(9)18-10(2)11-6-13(16)8-17-7-11/h3-8,10,18H,1-2H3. The molecule has 0 amide bonds. The van der Waals surface area contributed by atoms with Crippen LogP contribution in [0, 0.1) is 12.7 Å². The van der Waals surface area contributed by atoms with Gasteiger partial charge in [-0.2, -0.15) is 0 Å². The quantitative estimate of drug-likeness (QED) is 0.891. The highest BCUT2D eigenvalue weighted by atomic mass is 35.5. The Balaban J connectivity index is 2.18. The lowest BCUT2D eigenvalue weighted by Gasteiger charge is -2.17. The van der Waals surface area contributed by atoms with E-state index < -0.39 is 0 Å². The van der Waals surface area contributed by atoms with E-state index in [1.807, 2.05) is 32.0 Å². The predicted molar refractivity (Wildman–Crippen MR) is 72.4 cm³/mol. The highest BCUT2D eigenvalue weighted by Crippen LogP contribution is 2.24. The van der Waals surface area contributed by atoms with Crippen LogP contribution >= 0.6 is 11.6 Å². The van der Waals surface area contributed by atoms with Crippen LogP contribution in [0.25, 0.3) is 0 Å². The Morgan fingerprint density at radius 2 is 2.06 bits per heavy atom. The number of nitrogens with one attached hydrogen (secondary N) is 1. The summed E-state index contributed by atoms with van der Waals surface area (Å²) in [4.78, 5) is 3.85. The van der Waals surface area contributed by atoms with Crippen molar-refractivity contribution >= 4 is 17.3 Å². The highest BCUT2D eigenvalue weighted by molar-refractivity contribution is 6.30. The van der Waals surface area contributed by atoms with Gasteiger partial charge >= 0.3 is 0 Å². The van der Waals surface area contributed by atoms with Crippen molar-refractivity contribution in [3.8, 4) is 0 Å². The van der Waals surface area contributed by atoms with Crippen LogP contribution in [-0.2, 0) is 0 Å². The van der Waals surface area contributed by atoms with Gasteiger partial charge in [0.05, 0.1) is 12.2 Å². The Labute approximate surface area is 111 Å². The number of aryl methyl sites for hydroxylation is 1. The molecule has 0 spiro atoms. The van der Waals surface area contributed by atoms with E-state index in [9.17, 15) is 4.39 Å². The van der Waals surface area contributed by atoms with Gasteiger partial charge in [0, 0.05) is 16.9 Å². The molecule has 2 aromatic rings. The first kappa shape index (κ1) is 12.8. The molecule has 18 heavy (non-hydrogen) atoms. The second kappa shape index (κ2) is 5.36. The predicted octanol–water partition coefficient (Wildman–Crippen LogP) is 4.36. The van der Waals surface area contributed by atoms with Gasteiger partial charge < -0.3 is 5.32 Å². The molecule has 0 bridgehead atoms. The van der Waals surface area contributed by atoms with E-state index in [4.69, 9.17) is 11.6 Å². The summed E-state index contributed by atoms with van der Waals surface area (Å²) in [5.41, 5.74) is 2.85. The largest absolute Gasteiger partial charge is 0.378 e. The Morgan fingerprint density at radius 1 is 1.28 bits per heavy atom. The molecule has 0 saturated heterocycles. The molecule has 1 atom stereocenters. The minimum Gasteiger partial charge on any atom is -0.378 e. The molecule has 0 aliphatic rings. The van der Waals surface area contributed by atoms with Gasteiger partial charge in [-0.1, -0.05) is 11.6 Å². The molecular formula is C14H14ClFN2. The average Bonchev–Trinajstić information content (AvgIpc) is 2.32. The van der Waals surface area contributed by atoms with Gasteiger partial charge in [-0.05, 0) is 49.2 Å². The van der Waals surface area contributed by atoms with Gasteiger partial charge in [-0.15, -0.1) is 0 Å². The van der Waals surface area contributed by atoms with Gasteiger partial charge in [0.1, 0.15) is 5.82 Å². The van der Waals surface area contributed by atoms with Crippen LogP contribution in [-0.4, -0.2) is 4.98 Å². The number of rotatable bonds is 3. The number of anilines is 1. The summed E-state index contributed by atoms with van der Waals surface area (Å²) in [5, 5.41) is 4.02. The van der Waals surface area contributed by atoms with Crippen molar-refractivity contribution in [3.63, 3.8) is 0 Å². The average molecular weight is 265 g/mol. The number of pyridine rings is 1. The zero-order chi connectivity index (χ0) is 13.1. The summed E-state index contributed by atoms with van der Waals surface area (Å²) < 4.78 is 13.1. The van der Waals surface area contributed by atoms with Crippen LogP contribution in [0.4, 0.5) is 10.1 Å². The molecule has 0 radical (unpaired) electrons. The molecule has 0 aliphatic carbocycles. The number of aromatic nitrogens is 1. The maximum Gasteiger partial charge on any atom is 0.141 e. The summed E-state index contributed by atoms with van der Waals surface area (Å²) in [6.45, 7) is 3.94. The van der Waals surface area contributed by atoms with Gasteiger partial charge in [0.2, 0.25) is 0 Å². The maximum atomic E-state index is 13.1. The molecule has 1 heterocycles. The molecular weight excluding hydrogens is 251 g/mol. The maximum absolute atomic E-state index is 13.1. The van der Waals surface area contributed by atoms with Gasteiger partial charge in [-0.3, -0.25) is 4.98 Å². The van der Waals surface area contributed by atoms with Crippen molar-refractivity contribution in [2.24, 2.45) is 0 Å². The van der Waals surface area contributed by atoms with E-state index in [0.29, 0.717) is 5.02 Å². The fraction of sp³-hybridized carbons (Fsp3) is 0.214. The summed E-state index contributed by atoms with van der Waals surface area (Å²) in [6, 6.07) is 7.10. The van der Waals surface area contributed by atoms with Gasteiger partial charge in [0.15, 0.2) is 0 Å². The molecule has 1 aromatic carbocycles. The molecule has 1 N–H and O–H groups in total. The second-order valence-electron chi connectivity index (χ2n) is 4.26. The number of nitrogens with zero attached hydrogens (tertiary/aromatic N) is 1. The molecule has 2 rings (SSSR count). The lowest BCUT2D eigenvalue weighted by Crippen LogP contribution is -2.08. The molecule has 1 aromatic heterocycles. The van der Waals surface area contributed by atoms with Gasteiger partial charge in [-0.25, -0.2) is 4.39 Å². The first-order valence-corrected chi connectivity index (χ1v) is 6.07. The topological polar surface area (TPSA) is 24.9 Å². The van der Waals surface area contributed by atoms with Crippen molar-refractivity contribution in [1.82, 2.24) is 4.98 Å². The number of halogens is 2. The normalized spacial score (nSPS) is 12.2. The summed E-state index contributed by atoms with van der Waals surface area (Å²) in [7, 11) is 0. The van der Waals surface area contributed by atoms with Crippen molar-refractivity contribution in [2.45, 2.75) is 19.9 Å². The molecule has 94 valence electrons. The fourth-order valence-electron chi connectivity index (χ4n) is 1.77. The molecule has 4 heteroatoms. The summed E-state index contributed by atoms with van der Waals surface area (Å²) in [5.74, 6) is -0.325. The lowest BCUT2D eigenvalue weighted by molar-refractivity contribution is 0.616. The zero-order valence-electron chi connectivity index (χ0n) is 10.2. The SMILES string of the molecule is Cc1cc(Cl)ccc1NC(C)c1cncc(F)c1. The second-order valence-corrected chi connectivity index (χ2v) is 4.70. The number of hydrogen-bond acceptors (Lipinski definition) is 2. The molecule has 2 nitrogen and oxygen atoms in total. The van der Waals surface area contributed by atoms with E-state index in [2.05, 4.69) is 10.3 Å². The minimum atomic E-state index is -0.325. The number of benzene rings is 1. The molecule has 0 fully saturated rings. The minimum absolute atomic E-state index is 0.0203. The van der Waals surface area contributed by atoms with Crippen LogP contribution in [0.3, 0.4) is 0 Å². The van der Waals surface area contributed by atoms with E-state index in [-0.39, 0.29) is 11.9 Å². The monoisotopic (exact) mass is 264 g/mol. The van der Waals surface area contributed by atoms with E-state index in [1.165, 1.54) is 12.3 Å². The van der Waals surface area contributed by atoms with Crippen LogP contribution in [0.1, 0.15) is 24.1 Å². The third-order valence-electron chi connectivity index (χ3n) is 2.79. The van der Waals surface area contributed by atoms with Crippen LogP contribution < -0.4 is 5.32 Å². The molecule has 0 saturated carbocycles. The van der Waals surface area contributed by atoms with Crippen molar-refractivity contribution < 1.29 is 4.39 Å². The first-order chi connectivity index (χ1) is 8.56. The lowest BCUT2D eigenvalue weighted by atomic mass is 10.1. The van der Waals surface area contributed by atoms with Gasteiger partial charge in [0.25, 0.3) is 0 Å². The highest BCUT2D eigenvalue weighted by Gasteiger charge is 2.08. The Morgan fingerprint density at radius 3 is 2.72 bits per heavy atom. The zero-order valence-corrected chi connectivity index (χ0v) is 11.0. The Bertz CT molecular complexity index is 557. The van der Waals surface area contributed by atoms with Crippen molar-refractivity contribution in [2.75, 3.05) is 5.32 Å². The molecule has 1 unspecified atom stereocenters. The smallest absolute Gasteiger partial charge is 0.141 e. The van der Waals surface area contributed by atoms with Crippen LogP contribution in [0.15, 0.2) is 36.7 Å². The van der Waals surface area contributed by atoms with E-state index in [0.717, 1.165) is 16.8 Å². The van der Waals surface area contributed by atoms with Crippen LogP contribution in [0.5, 0.6) is 0 Å². The first-order valence-electron chi connectivity index (χ1n) is 5.69. The van der Waals surface area contributed by atoms with Crippen molar-refractivity contribution in [1.29, 1.82) is 0 Å². The Hall–Kier alpha value is -1.61. The van der Waals surface area contributed by atoms with Crippen molar-refractivity contribution in [3.05, 3.63) is 58.6 Å². The van der Waals surface area contributed by atoms with E-state index >= 15 is 0 Å². The fourth-order valence-corrected chi connectivity index (χ4v) is 2.00. The number of hydrogen-bond donors (Lipinski definition) is 1. The van der Waals surface area contributed by atoms with Crippen LogP contribution in [0.2, 0.25) is 5.02 Å².